The molecular formula is C21H19FN4O3. The van der Waals surface area contributed by atoms with Gasteiger partial charge < -0.3 is 18.6 Å². The van der Waals surface area contributed by atoms with Gasteiger partial charge in [0.15, 0.2) is 0 Å². The van der Waals surface area contributed by atoms with Crippen molar-refractivity contribution in [3.8, 4) is 11.3 Å². The quantitative estimate of drug-likeness (QED) is 0.485. The zero-order valence-corrected chi connectivity index (χ0v) is 15.6. The third-order valence-corrected chi connectivity index (χ3v) is 5.04. The highest BCUT2D eigenvalue weighted by molar-refractivity contribution is 5.97. The number of anilines is 1. The van der Waals surface area contributed by atoms with Gasteiger partial charge in [-0.05, 0) is 49.2 Å². The van der Waals surface area contributed by atoms with Crippen LogP contribution >= 0.6 is 0 Å². The molecule has 148 valence electrons. The monoisotopic (exact) mass is 394 g/mol. The Hall–Kier alpha value is -3.26. The van der Waals surface area contributed by atoms with Crippen LogP contribution in [0.3, 0.4) is 0 Å². The maximum atomic E-state index is 13.4. The molecule has 1 aliphatic heterocycles. The first-order valence-electron chi connectivity index (χ1n) is 9.53. The molecule has 7 nitrogen and oxygen atoms in total. The van der Waals surface area contributed by atoms with E-state index in [4.69, 9.17) is 13.7 Å². The Balaban J connectivity index is 1.59. The standard InChI is InChI=1S/C21H19FN4O3/c22-15-7-5-14(6-8-15)19-18-20(23-13-24-21(18)29-25-19)26(11-16-3-1-9-27-16)12-17-4-2-10-28-17/h1,3,5-9,13,17H,2,4,10-12H2/t17-/m1/s1. The highest BCUT2D eigenvalue weighted by Crippen LogP contribution is 2.34. The number of halogens is 1. The Labute approximate surface area is 166 Å². The molecule has 1 atom stereocenters. The van der Waals surface area contributed by atoms with E-state index >= 15 is 0 Å². The zero-order valence-electron chi connectivity index (χ0n) is 15.6. The van der Waals surface area contributed by atoms with Gasteiger partial charge in [-0.3, -0.25) is 0 Å². The molecule has 5 rings (SSSR count). The Morgan fingerprint density at radius 2 is 2.03 bits per heavy atom. The van der Waals surface area contributed by atoms with Crippen molar-refractivity contribution in [2.45, 2.75) is 25.5 Å². The molecule has 1 aliphatic rings. The maximum absolute atomic E-state index is 13.4. The van der Waals surface area contributed by atoms with Crippen molar-refractivity contribution in [3.05, 3.63) is 60.6 Å². The van der Waals surface area contributed by atoms with Crippen molar-refractivity contribution in [1.82, 2.24) is 15.1 Å². The molecule has 0 spiro atoms. The van der Waals surface area contributed by atoms with Crippen molar-refractivity contribution in [2.75, 3.05) is 18.1 Å². The molecule has 1 saturated heterocycles. The largest absolute Gasteiger partial charge is 0.467 e. The van der Waals surface area contributed by atoms with E-state index in [2.05, 4.69) is 20.0 Å². The second-order valence-electron chi connectivity index (χ2n) is 7.01. The third kappa shape index (κ3) is 3.58. The summed E-state index contributed by atoms with van der Waals surface area (Å²) in [6, 6.07) is 9.91. The molecule has 4 aromatic rings. The molecule has 3 aromatic heterocycles. The van der Waals surface area contributed by atoms with Crippen LogP contribution in [0.1, 0.15) is 18.6 Å². The Morgan fingerprint density at radius 3 is 2.79 bits per heavy atom. The first-order chi connectivity index (χ1) is 14.3. The lowest BCUT2D eigenvalue weighted by molar-refractivity contribution is 0.115. The van der Waals surface area contributed by atoms with Gasteiger partial charge in [-0.25, -0.2) is 9.37 Å². The lowest BCUT2D eigenvalue weighted by atomic mass is 10.1. The van der Waals surface area contributed by atoms with Crippen molar-refractivity contribution < 1.29 is 18.1 Å². The average Bonchev–Trinajstić information content (AvgIpc) is 3.50. The first kappa shape index (κ1) is 17.8. The van der Waals surface area contributed by atoms with Crippen LogP contribution in [0.15, 0.2) is 57.9 Å². The van der Waals surface area contributed by atoms with Gasteiger partial charge in [0.1, 0.15) is 34.8 Å². The number of rotatable bonds is 6. The van der Waals surface area contributed by atoms with Crippen molar-refractivity contribution >= 4 is 16.9 Å². The lowest BCUT2D eigenvalue weighted by Crippen LogP contribution is -2.32. The molecule has 0 unspecified atom stereocenters. The van der Waals surface area contributed by atoms with E-state index < -0.39 is 0 Å². The topological polar surface area (TPSA) is 77.4 Å². The summed E-state index contributed by atoms with van der Waals surface area (Å²) < 4.78 is 30.3. The molecule has 8 heteroatoms. The van der Waals surface area contributed by atoms with E-state index in [0.29, 0.717) is 35.7 Å². The van der Waals surface area contributed by atoms with Crippen molar-refractivity contribution in [1.29, 1.82) is 0 Å². The van der Waals surface area contributed by atoms with Gasteiger partial charge in [-0.2, -0.15) is 4.98 Å². The van der Waals surface area contributed by atoms with Crippen molar-refractivity contribution in [2.24, 2.45) is 0 Å². The summed E-state index contributed by atoms with van der Waals surface area (Å²) in [7, 11) is 0. The number of furan rings is 1. The smallest absolute Gasteiger partial charge is 0.263 e. The van der Waals surface area contributed by atoms with Crippen LogP contribution < -0.4 is 4.90 Å². The first-order valence-corrected chi connectivity index (χ1v) is 9.53. The highest BCUT2D eigenvalue weighted by atomic mass is 19.1. The normalized spacial score (nSPS) is 16.5. The summed E-state index contributed by atoms with van der Waals surface area (Å²) in [5.74, 6) is 1.19. The molecule has 29 heavy (non-hydrogen) atoms. The Kier molecular flexibility index (Phi) is 4.69. The molecule has 1 fully saturated rings. The van der Waals surface area contributed by atoms with Gasteiger partial charge in [0.2, 0.25) is 0 Å². The summed E-state index contributed by atoms with van der Waals surface area (Å²) >= 11 is 0. The second kappa shape index (κ2) is 7.63. The van der Waals surface area contributed by atoms with Gasteiger partial charge in [0.05, 0.1) is 18.9 Å². The minimum Gasteiger partial charge on any atom is -0.467 e. The van der Waals surface area contributed by atoms with Crippen LogP contribution in [0.2, 0.25) is 0 Å². The summed E-state index contributed by atoms with van der Waals surface area (Å²) in [5.41, 5.74) is 1.69. The SMILES string of the molecule is Fc1ccc(-c2noc3ncnc(N(Cc4ccco4)C[C@H]4CCCO4)c23)cc1. The van der Waals surface area contributed by atoms with Crippen LogP contribution in [-0.4, -0.2) is 34.4 Å². The molecule has 0 radical (unpaired) electrons. The molecule has 4 heterocycles. The highest BCUT2D eigenvalue weighted by Gasteiger charge is 2.25. The predicted molar refractivity (Wildman–Crippen MR) is 104 cm³/mol. The minimum atomic E-state index is -0.309. The van der Waals surface area contributed by atoms with Crippen LogP contribution in [-0.2, 0) is 11.3 Å². The van der Waals surface area contributed by atoms with Crippen LogP contribution in [0.5, 0.6) is 0 Å². The van der Waals surface area contributed by atoms with Crippen molar-refractivity contribution in [3.63, 3.8) is 0 Å². The predicted octanol–water partition coefficient (Wildman–Crippen LogP) is 4.20. The fourth-order valence-electron chi connectivity index (χ4n) is 3.67. The lowest BCUT2D eigenvalue weighted by Gasteiger charge is -2.26. The molecule has 0 amide bonds. The Morgan fingerprint density at radius 1 is 1.14 bits per heavy atom. The van der Waals surface area contributed by atoms with Gasteiger partial charge in [-0.1, -0.05) is 5.16 Å². The number of ether oxygens (including phenoxy) is 1. The molecule has 1 aromatic carbocycles. The summed E-state index contributed by atoms with van der Waals surface area (Å²) in [5, 5.41) is 4.87. The Bertz CT molecular complexity index is 1090. The number of nitrogens with zero attached hydrogens (tertiary/aromatic N) is 4. The second-order valence-corrected chi connectivity index (χ2v) is 7.01. The van der Waals surface area contributed by atoms with E-state index in [1.54, 1.807) is 18.4 Å². The maximum Gasteiger partial charge on any atom is 0.263 e. The summed E-state index contributed by atoms with van der Waals surface area (Å²) in [6.45, 7) is 1.94. The minimum absolute atomic E-state index is 0.115. The van der Waals surface area contributed by atoms with Gasteiger partial charge in [0, 0.05) is 18.7 Å². The van der Waals surface area contributed by atoms with E-state index in [9.17, 15) is 4.39 Å². The van der Waals surface area contributed by atoms with Crippen LogP contribution in [0.25, 0.3) is 22.4 Å². The van der Waals surface area contributed by atoms with Crippen LogP contribution in [0, 0.1) is 5.82 Å². The van der Waals surface area contributed by atoms with Crippen LogP contribution in [0.4, 0.5) is 10.2 Å². The number of aromatic nitrogens is 3. The summed E-state index contributed by atoms with van der Waals surface area (Å²) in [4.78, 5) is 10.9. The van der Waals surface area contributed by atoms with E-state index in [1.165, 1.54) is 18.5 Å². The molecule has 0 aliphatic carbocycles. The number of benzene rings is 1. The fraction of sp³-hybridized carbons (Fsp3) is 0.286. The number of hydrogen-bond donors (Lipinski definition) is 0. The fourth-order valence-corrected chi connectivity index (χ4v) is 3.67. The third-order valence-electron chi connectivity index (χ3n) is 5.04. The number of fused-ring (bicyclic) bond motifs is 1. The van der Waals surface area contributed by atoms with E-state index in [0.717, 1.165) is 30.8 Å². The van der Waals surface area contributed by atoms with E-state index in [-0.39, 0.29) is 11.9 Å². The van der Waals surface area contributed by atoms with Gasteiger partial charge >= 0.3 is 0 Å². The van der Waals surface area contributed by atoms with E-state index in [1.807, 2.05) is 12.1 Å². The number of hydrogen-bond acceptors (Lipinski definition) is 7. The molecule has 0 saturated carbocycles. The molecular weight excluding hydrogens is 375 g/mol. The average molecular weight is 394 g/mol. The molecule has 0 bridgehead atoms. The van der Waals surface area contributed by atoms with Gasteiger partial charge in [-0.15, -0.1) is 0 Å². The zero-order chi connectivity index (χ0) is 19.6. The summed E-state index contributed by atoms with van der Waals surface area (Å²) in [6.07, 6.45) is 5.27. The van der Waals surface area contributed by atoms with Gasteiger partial charge in [0.25, 0.3) is 5.71 Å². The molecule has 0 N–H and O–H groups in total.